The van der Waals surface area contributed by atoms with Gasteiger partial charge in [0, 0.05) is 6.07 Å². The number of halogens is 1. The molecule has 0 atom stereocenters. The smallest absolute Gasteiger partial charge is 0.250 e. The molecule has 1 rings (SSSR count). The van der Waals surface area contributed by atoms with Gasteiger partial charge in [0.2, 0.25) is 0 Å². The second kappa shape index (κ2) is 5.44. The molecule has 0 aliphatic rings. The van der Waals surface area contributed by atoms with E-state index in [2.05, 4.69) is 39.9 Å². The van der Waals surface area contributed by atoms with E-state index in [-0.39, 0.29) is 5.04 Å². The van der Waals surface area contributed by atoms with Crippen LogP contribution in [0.1, 0.15) is 26.3 Å². The summed E-state index contributed by atoms with van der Waals surface area (Å²) < 4.78 is 11.5. The summed E-state index contributed by atoms with van der Waals surface area (Å²) in [6.45, 7) is 10.7. The summed E-state index contributed by atoms with van der Waals surface area (Å²) >= 11 is 6.21. The average molecular weight is 298 g/mol. The van der Waals surface area contributed by atoms with E-state index in [0.717, 1.165) is 0 Å². The predicted molar refractivity (Wildman–Crippen MR) is 80.5 cm³/mol. The minimum Gasteiger partial charge on any atom is -0.540 e. The molecule has 104 valence electrons. The van der Waals surface area contributed by atoms with Gasteiger partial charge in [0.1, 0.15) is 0 Å². The van der Waals surface area contributed by atoms with Crippen molar-refractivity contribution in [3.8, 4) is 17.6 Å². The van der Waals surface area contributed by atoms with Gasteiger partial charge in [-0.05, 0) is 24.2 Å². The summed E-state index contributed by atoms with van der Waals surface area (Å²) in [6.07, 6.45) is 0. The Labute approximate surface area is 121 Å². The molecule has 3 nitrogen and oxygen atoms in total. The van der Waals surface area contributed by atoms with Gasteiger partial charge in [0.15, 0.2) is 11.5 Å². The van der Waals surface area contributed by atoms with Crippen molar-refractivity contribution in [2.45, 2.75) is 38.9 Å². The highest BCUT2D eigenvalue weighted by molar-refractivity contribution is 6.74. The third kappa shape index (κ3) is 3.43. The van der Waals surface area contributed by atoms with Gasteiger partial charge >= 0.3 is 0 Å². The van der Waals surface area contributed by atoms with Crippen LogP contribution in [-0.4, -0.2) is 15.4 Å². The molecule has 0 heterocycles. The van der Waals surface area contributed by atoms with Crippen LogP contribution in [0.15, 0.2) is 12.1 Å². The SMILES string of the molecule is COc1cc(C#N)cc(Cl)c1O[Si](C)(C)C(C)(C)C. The Morgan fingerprint density at radius 1 is 1.26 bits per heavy atom. The number of ether oxygens (including phenoxy) is 1. The van der Waals surface area contributed by atoms with Crippen molar-refractivity contribution in [3.05, 3.63) is 22.7 Å². The summed E-state index contributed by atoms with van der Waals surface area (Å²) in [5.41, 5.74) is 0.462. The molecule has 0 fully saturated rings. The van der Waals surface area contributed by atoms with E-state index >= 15 is 0 Å². The molecule has 0 spiro atoms. The highest BCUT2D eigenvalue weighted by atomic mass is 35.5. The molecule has 1 aromatic rings. The molecule has 1 aromatic carbocycles. The number of hydrogen-bond donors (Lipinski definition) is 0. The monoisotopic (exact) mass is 297 g/mol. The van der Waals surface area contributed by atoms with Gasteiger partial charge in [0.25, 0.3) is 8.32 Å². The Hall–Kier alpha value is -1.18. The molecule has 0 amide bonds. The second-order valence-electron chi connectivity index (χ2n) is 5.96. The second-order valence-corrected chi connectivity index (χ2v) is 11.1. The van der Waals surface area contributed by atoms with Crippen LogP contribution in [0.2, 0.25) is 23.2 Å². The van der Waals surface area contributed by atoms with Crippen LogP contribution in [-0.2, 0) is 0 Å². The van der Waals surface area contributed by atoms with Crippen molar-refractivity contribution in [3.63, 3.8) is 0 Å². The van der Waals surface area contributed by atoms with Crippen LogP contribution in [0.25, 0.3) is 0 Å². The number of benzene rings is 1. The fourth-order valence-corrected chi connectivity index (χ4v) is 2.63. The van der Waals surface area contributed by atoms with E-state index in [4.69, 9.17) is 26.0 Å². The zero-order chi connectivity index (χ0) is 14.8. The van der Waals surface area contributed by atoms with Gasteiger partial charge in [-0.25, -0.2) is 0 Å². The van der Waals surface area contributed by atoms with Crippen LogP contribution in [0, 0.1) is 11.3 Å². The maximum atomic E-state index is 8.94. The number of methoxy groups -OCH3 is 1. The molecule has 0 unspecified atom stereocenters. The first-order valence-electron chi connectivity index (χ1n) is 6.09. The van der Waals surface area contributed by atoms with Crippen molar-refractivity contribution in [2.75, 3.05) is 7.11 Å². The number of nitriles is 1. The fraction of sp³-hybridized carbons (Fsp3) is 0.500. The molecule has 0 N–H and O–H groups in total. The lowest BCUT2D eigenvalue weighted by Gasteiger charge is -2.37. The highest BCUT2D eigenvalue weighted by Gasteiger charge is 2.40. The molecule has 19 heavy (non-hydrogen) atoms. The van der Waals surface area contributed by atoms with E-state index in [1.54, 1.807) is 19.2 Å². The predicted octanol–water partition coefficient (Wildman–Crippen LogP) is 4.60. The Morgan fingerprint density at radius 3 is 2.26 bits per heavy atom. The third-order valence-electron chi connectivity index (χ3n) is 3.52. The van der Waals surface area contributed by atoms with E-state index < -0.39 is 8.32 Å². The van der Waals surface area contributed by atoms with Gasteiger partial charge in [-0.1, -0.05) is 32.4 Å². The van der Waals surface area contributed by atoms with Crippen molar-refractivity contribution in [1.82, 2.24) is 0 Å². The average Bonchev–Trinajstić information content (AvgIpc) is 2.29. The summed E-state index contributed by atoms with van der Waals surface area (Å²) in [4.78, 5) is 0. The van der Waals surface area contributed by atoms with Gasteiger partial charge in [-0.15, -0.1) is 0 Å². The zero-order valence-corrected chi connectivity index (χ0v) is 14.1. The number of hydrogen-bond acceptors (Lipinski definition) is 3. The molecule has 0 saturated carbocycles. The first-order valence-corrected chi connectivity index (χ1v) is 9.37. The number of nitrogens with zero attached hydrogens (tertiary/aromatic N) is 1. The summed E-state index contributed by atoms with van der Waals surface area (Å²) in [5, 5.41) is 9.42. The van der Waals surface area contributed by atoms with E-state index in [0.29, 0.717) is 22.1 Å². The Kier molecular flexibility index (Phi) is 4.54. The summed E-state index contributed by atoms with van der Waals surface area (Å²) in [6, 6.07) is 5.31. The number of rotatable bonds is 3. The lowest BCUT2D eigenvalue weighted by atomic mass is 10.2. The molecule has 0 aliphatic carbocycles. The van der Waals surface area contributed by atoms with Crippen LogP contribution in [0.5, 0.6) is 11.5 Å². The molecular formula is C14H20ClNO2Si. The first-order chi connectivity index (χ1) is 8.62. The Morgan fingerprint density at radius 2 is 1.84 bits per heavy atom. The quantitative estimate of drug-likeness (QED) is 0.765. The molecular weight excluding hydrogens is 278 g/mol. The largest absolute Gasteiger partial charge is 0.540 e. The zero-order valence-electron chi connectivity index (χ0n) is 12.3. The van der Waals surface area contributed by atoms with Crippen LogP contribution < -0.4 is 9.16 Å². The first kappa shape index (κ1) is 15.9. The maximum Gasteiger partial charge on any atom is 0.250 e. The third-order valence-corrected chi connectivity index (χ3v) is 8.13. The highest BCUT2D eigenvalue weighted by Crippen LogP contribution is 2.43. The van der Waals surface area contributed by atoms with Crippen LogP contribution in [0.3, 0.4) is 0 Å². The Bertz CT molecular complexity index is 515. The van der Waals surface area contributed by atoms with E-state index in [1.165, 1.54) is 0 Å². The van der Waals surface area contributed by atoms with Crippen molar-refractivity contribution >= 4 is 19.9 Å². The minimum atomic E-state index is -2.00. The van der Waals surface area contributed by atoms with Crippen molar-refractivity contribution in [1.29, 1.82) is 5.26 Å². The van der Waals surface area contributed by atoms with Crippen LogP contribution in [0.4, 0.5) is 0 Å². The molecule has 0 radical (unpaired) electrons. The standard InChI is InChI=1S/C14H20ClNO2Si/c1-14(2,3)19(5,6)18-13-11(15)7-10(9-16)8-12(13)17-4/h7-8H,1-6H3. The van der Waals surface area contributed by atoms with Crippen molar-refractivity contribution < 1.29 is 9.16 Å². The van der Waals surface area contributed by atoms with Gasteiger partial charge < -0.3 is 9.16 Å². The van der Waals surface area contributed by atoms with Gasteiger partial charge in [-0.2, -0.15) is 5.26 Å². The van der Waals surface area contributed by atoms with Crippen LogP contribution >= 0.6 is 11.6 Å². The molecule has 0 aliphatic heterocycles. The topological polar surface area (TPSA) is 42.2 Å². The normalized spacial score (nSPS) is 11.9. The molecule has 5 heteroatoms. The molecule has 0 saturated heterocycles. The van der Waals surface area contributed by atoms with Crippen molar-refractivity contribution in [2.24, 2.45) is 0 Å². The van der Waals surface area contributed by atoms with E-state index in [1.807, 2.05) is 0 Å². The lowest BCUT2D eigenvalue weighted by Crippen LogP contribution is -2.44. The molecule has 0 aromatic heterocycles. The van der Waals surface area contributed by atoms with E-state index in [9.17, 15) is 0 Å². The summed E-state index contributed by atoms with van der Waals surface area (Å²) in [5.74, 6) is 1.05. The fourth-order valence-electron chi connectivity index (χ4n) is 1.29. The Balaban J connectivity index is 3.26. The maximum absolute atomic E-state index is 8.94. The minimum absolute atomic E-state index is 0.0647. The molecule has 0 bridgehead atoms. The van der Waals surface area contributed by atoms with Gasteiger partial charge in [0.05, 0.1) is 23.8 Å². The lowest BCUT2D eigenvalue weighted by molar-refractivity contribution is 0.386. The summed E-state index contributed by atoms with van der Waals surface area (Å²) in [7, 11) is -0.453. The van der Waals surface area contributed by atoms with Gasteiger partial charge in [-0.3, -0.25) is 0 Å².